The molecule has 4 heterocycles. The Kier molecular flexibility index (Phi) is 2.91. The third kappa shape index (κ3) is 2.13. The molecule has 0 unspecified atom stereocenters. The highest BCUT2D eigenvalue weighted by molar-refractivity contribution is 6.05. The first-order chi connectivity index (χ1) is 12.0. The van der Waals surface area contributed by atoms with Crippen molar-refractivity contribution in [3.63, 3.8) is 0 Å². The van der Waals surface area contributed by atoms with E-state index in [0.29, 0.717) is 36.6 Å². The van der Waals surface area contributed by atoms with Crippen molar-refractivity contribution in [1.29, 1.82) is 0 Å². The van der Waals surface area contributed by atoms with E-state index in [1.54, 1.807) is 6.07 Å². The SMILES string of the molecule is O=C1CC[C@H](N2Cc3cc4c(cc3C2=O)OCC2(CNC2)O4)C(=O)N1. The van der Waals surface area contributed by atoms with Crippen LogP contribution in [0.5, 0.6) is 11.5 Å². The monoisotopic (exact) mass is 343 g/mol. The summed E-state index contributed by atoms with van der Waals surface area (Å²) >= 11 is 0. The van der Waals surface area contributed by atoms with Crippen molar-refractivity contribution in [2.75, 3.05) is 19.7 Å². The maximum absolute atomic E-state index is 12.8. The van der Waals surface area contributed by atoms with E-state index in [-0.39, 0.29) is 23.8 Å². The number of hydrogen-bond donors (Lipinski definition) is 2. The van der Waals surface area contributed by atoms with Crippen LogP contribution in [0.3, 0.4) is 0 Å². The molecule has 0 saturated carbocycles. The highest BCUT2D eigenvalue weighted by atomic mass is 16.6. The molecule has 1 spiro atoms. The number of carbonyl (C=O) groups excluding carboxylic acids is 3. The van der Waals surface area contributed by atoms with E-state index in [0.717, 1.165) is 18.7 Å². The summed E-state index contributed by atoms with van der Waals surface area (Å²) in [4.78, 5) is 37.7. The molecule has 0 aromatic heterocycles. The number of amides is 3. The fourth-order valence-electron chi connectivity index (χ4n) is 3.82. The van der Waals surface area contributed by atoms with Crippen LogP contribution in [-0.4, -0.2) is 54.0 Å². The molecule has 4 aliphatic rings. The van der Waals surface area contributed by atoms with Gasteiger partial charge in [-0.15, -0.1) is 0 Å². The van der Waals surface area contributed by atoms with E-state index >= 15 is 0 Å². The summed E-state index contributed by atoms with van der Waals surface area (Å²) < 4.78 is 11.9. The zero-order valence-corrected chi connectivity index (χ0v) is 13.5. The van der Waals surface area contributed by atoms with Gasteiger partial charge in [-0.25, -0.2) is 0 Å². The number of rotatable bonds is 1. The molecule has 8 nitrogen and oxygen atoms in total. The van der Waals surface area contributed by atoms with Gasteiger partial charge in [0.2, 0.25) is 11.8 Å². The summed E-state index contributed by atoms with van der Waals surface area (Å²) in [6.45, 7) is 2.27. The highest BCUT2D eigenvalue weighted by Crippen LogP contribution is 2.41. The van der Waals surface area contributed by atoms with Crippen LogP contribution in [-0.2, 0) is 16.1 Å². The molecule has 1 aromatic rings. The Hall–Kier alpha value is -2.61. The summed E-state index contributed by atoms with van der Waals surface area (Å²) in [5, 5.41) is 5.49. The Morgan fingerprint density at radius 1 is 1.16 bits per heavy atom. The molecule has 2 fully saturated rings. The number of piperidine rings is 1. The first kappa shape index (κ1) is 14.7. The minimum Gasteiger partial charge on any atom is -0.485 e. The smallest absolute Gasteiger partial charge is 0.255 e. The Bertz CT molecular complexity index is 817. The summed E-state index contributed by atoms with van der Waals surface area (Å²) in [5.74, 6) is 0.303. The maximum Gasteiger partial charge on any atom is 0.255 e. The molecule has 0 radical (unpaired) electrons. The number of hydrogen-bond acceptors (Lipinski definition) is 6. The Balaban J connectivity index is 1.43. The van der Waals surface area contributed by atoms with Crippen molar-refractivity contribution in [2.24, 2.45) is 0 Å². The van der Waals surface area contributed by atoms with Crippen LogP contribution in [0.1, 0.15) is 28.8 Å². The van der Waals surface area contributed by atoms with Gasteiger partial charge in [0.05, 0.1) is 0 Å². The number of nitrogens with one attached hydrogen (secondary N) is 2. The van der Waals surface area contributed by atoms with Crippen LogP contribution < -0.4 is 20.1 Å². The Morgan fingerprint density at radius 3 is 2.72 bits per heavy atom. The van der Waals surface area contributed by atoms with Crippen LogP contribution in [0.25, 0.3) is 0 Å². The summed E-state index contributed by atoms with van der Waals surface area (Å²) in [7, 11) is 0. The number of imide groups is 1. The molecule has 4 aliphatic heterocycles. The van der Waals surface area contributed by atoms with Gasteiger partial charge in [0, 0.05) is 31.6 Å². The number of nitrogens with zero attached hydrogens (tertiary/aromatic N) is 1. The fraction of sp³-hybridized carbons (Fsp3) is 0.471. The molecule has 8 heteroatoms. The van der Waals surface area contributed by atoms with Gasteiger partial charge in [0.1, 0.15) is 12.6 Å². The van der Waals surface area contributed by atoms with Crippen LogP contribution in [0.2, 0.25) is 0 Å². The van der Waals surface area contributed by atoms with Gasteiger partial charge in [-0.1, -0.05) is 0 Å². The molecular weight excluding hydrogens is 326 g/mol. The summed E-state index contributed by atoms with van der Waals surface area (Å²) in [6, 6.07) is 2.93. The molecule has 1 aromatic carbocycles. The lowest BCUT2D eigenvalue weighted by atomic mass is 9.96. The lowest BCUT2D eigenvalue weighted by molar-refractivity contribution is -0.136. The van der Waals surface area contributed by atoms with Crippen LogP contribution in [0, 0.1) is 0 Å². The second-order valence-electron chi connectivity index (χ2n) is 7.03. The molecular formula is C17H17N3O5. The average molecular weight is 343 g/mol. The lowest BCUT2D eigenvalue weighted by Crippen LogP contribution is -2.67. The molecule has 25 heavy (non-hydrogen) atoms. The summed E-state index contributed by atoms with van der Waals surface area (Å²) in [5.41, 5.74) is 1.05. The Morgan fingerprint density at radius 2 is 2.00 bits per heavy atom. The standard InChI is InChI=1S/C17H17N3O5/c21-14-2-1-11(15(22)19-14)20-5-9-3-13-12(4-10(9)16(20)23)24-8-17(25-13)6-18-7-17/h3-4,11,18H,1-2,5-8H2,(H,19,21,22)/t11-/m0/s1. The maximum atomic E-state index is 12.8. The third-order valence-electron chi connectivity index (χ3n) is 5.30. The molecule has 2 N–H and O–H groups in total. The van der Waals surface area contributed by atoms with Gasteiger partial charge < -0.3 is 19.7 Å². The summed E-state index contributed by atoms with van der Waals surface area (Å²) in [6.07, 6.45) is 0.598. The van der Waals surface area contributed by atoms with E-state index < -0.39 is 11.9 Å². The quantitative estimate of drug-likeness (QED) is 0.671. The van der Waals surface area contributed by atoms with E-state index in [9.17, 15) is 14.4 Å². The predicted octanol–water partition coefficient (Wildman–Crippen LogP) is -0.439. The lowest BCUT2D eigenvalue weighted by Gasteiger charge is -2.45. The molecule has 130 valence electrons. The second-order valence-corrected chi connectivity index (χ2v) is 7.03. The van der Waals surface area contributed by atoms with Crippen molar-refractivity contribution < 1.29 is 23.9 Å². The molecule has 2 saturated heterocycles. The molecule has 3 amide bonds. The van der Waals surface area contributed by atoms with E-state index in [2.05, 4.69) is 10.6 Å². The van der Waals surface area contributed by atoms with Gasteiger partial charge in [0.15, 0.2) is 17.1 Å². The largest absolute Gasteiger partial charge is 0.485 e. The molecule has 5 rings (SSSR count). The normalized spacial score (nSPS) is 26.3. The van der Waals surface area contributed by atoms with Crippen molar-refractivity contribution in [2.45, 2.75) is 31.0 Å². The first-order valence-electron chi connectivity index (χ1n) is 8.39. The molecule has 0 bridgehead atoms. The average Bonchev–Trinajstić information content (AvgIpc) is 2.87. The first-order valence-corrected chi connectivity index (χ1v) is 8.39. The van der Waals surface area contributed by atoms with Crippen LogP contribution >= 0.6 is 0 Å². The number of benzene rings is 1. The highest BCUT2D eigenvalue weighted by Gasteiger charge is 2.45. The van der Waals surface area contributed by atoms with E-state index in [1.807, 2.05) is 6.07 Å². The topological polar surface area (TPSA) is 97.0 Å². The van der Waals surface area contributed by atoms with Crippen molar-refractivity contribution >= 4 is 17.7 Å². The van der Waals surface area contributed by atoms with Gasteiger partial charge in [0.25, 0.3) is 5.91 Å². The molecule has 0 aliphatic carbocycles. The minimum absolute atomic E-state index is 0.207. The van der Waals surface area contributed by atoms with Gasteiger partial charge in [-0.2, -0.15) is 0 Å². The van der Waals surface area contributed by atoms with Crippen molar-refractivity contribution in [3.05, 3.63) is 23.3 Å². The number of fused-ring (bicyclic) bond motifs is 2. The third-order valence-corrected chi connectivity index (χ3v) is 5.30. The predicted molar refractivity (Wildman–Crippen MR) is 84.2 cm³/mol. The zero-order valence-electron chi connectivity index (χ0n) is 13.5. The van der Waals surface area contributed by atoms with E-state index in [4.69, 9.17) is 9.47 Å². The van der Waals surface area contributed by atoms with Crippen molar-refractivity contribution in [3.8, 4) is 11.5 Å². The van der Waals surface area contributed by atoms with E-state index in [1.165, 1.54) is 4.90 Å². The minimum atomic E-state index is -0.612. The second kappa shape index (κ2) is 4.95. The number of ether oxygens (including phenoxy) is 2. The van der Waals surface area contributed by atoms with Crippen molar-refractivity contribution in [1.82, 2.24) is 15.5 Å². The van der Waals surface area contributed by atoms with Gasteiger partial charge >= 0.3 is 0 Å². The van der Waals surface area contributed by atoms with Gasteiger partial charge in [-0.05, 0) is 24.1 Å². The Labute approximate surface area is 143 Å². The fourth-order valence-corrected chi connectivity index (χ4v) is 3.82. The zero-order chi connectivity index (χ0) is 17.2. The molecule has 1 atom stereocenters. The van der Waals surface area contributed by atoms with Crippen LogP contribution in [0.4, 0.5) is 0 Å². The van der Waals surface area contributed by atoms with Crippen LogP contribution in [0.15, 0.2) is 12.1 Å². The van der Waals surface area contributed by atoms with Gasteiger partial charge in [-0.3, -0.25) is 19.7 Å². The number of carbonyl (C=O) groups is 3.